The molecule has 1 aromatic carbocycles. The van der Waals surface area contributed by atoms with Gasteiger partial charge in [0, 0.05) is 56.3 Å². The summed E-state index contributed by atoms with van der Waals surface area (Å²) in [7, 11) is 0. The van der Waals surface area contributed by atoms with E-state index < -0.39 is 0 Å². The maximum Gasteiger partial charge on any atom is 0.262 e. The Balaban J connectivity index is 1.16. The zero-order valence-corrected chi connectivity index (χ0v) is 20.6. The second-order valence-electron chi connectivity index (χ2n) is 8.83. The zero-order chi connectivity index (χ0) is 23.4. The molecule has 1 N–H and O–H groups in total. The number of nitrogens with zero attached hydrogens (tertiary/aromatic N) is 4. The highest BCUT2D eigenvalue weighted by atomic mass is 32.1. The number of aryl methyl sites for hydroxylation is 4. The molecule has 0 bridgehead atoms. The Labute approximate surface area is 199 Å². The molecule has 1 amide bonds. The van der Waals surface area contributed by atoms with Crippen LogP contribution in [0, 0.1) is 20.8 Å². The highest BCUT2D eigenvalue weighted by Crippen LogP contribution is 2.25. The van der Waals surface area contributed by atoms with Crippen molar-refractivity contribution in [3.05, 3.63) is 57.0 Å². The van der Waals surface area contributed by atoms with Crippen LogP contribution in [0.2, 0.25) is 0 Å². The number of thiophene rings is 1. The second-order valence-corrected chi connectivity index (χ2v) is 10.0. The first kappa shape index (κ1) is 23.4. The van der Waals surface area contributed by atoms with Crippen LogP contribution in [0.5, 0.6) is 0 Å². The van der Waals surface area contributed by atoms with E-state index in [9.17, 15) is 9.59 Å². The summed E-state index contributed by atoms with van der Waals surface area (Å²) in [5, 5.41) is 3.68. The lowest BCUT2D eigenvalue weighted by Crippen LogP contribution is -2.47. The number of hydrogen-bond acceptors (Lipinski definition) is 6. The van der Waals surface area contributed by atoms with Crippen molar-refractivity contribution in [2.45, 2.75) is 40.2 Å². The van der Waals surface area contributed by atoms with Crippen molar-refractivity contribution in [3.63, 3.8) is 0 Å². The van der Waals surface area contributed by atoms with E-state index in [-0.39, 0.29) is 17.9 Å². The number of rotatable bonds is 8. The van der Waals surface area contributed by atoms with E-state index in [1.165, 1.54) is 11.3 Å². The molecule has 1 saturated heterocycles. The molecule has 33 heavy (non-hydrogen) atoms. The summed E-state index contributed by atoms with van der Waals surface area (Å²) in [6, 6.07) is 8.68. The van der Waals surface area contributed by atoms with Crippen LogP contribution in [0.1, 0.15) is 28.8 Å². The monoisotopic (exact) mass is 467 g/mol. The third kappa shape index (κ3) is 5.62. The highest BCUT2D eigenvalue weighted by Gasteiger charge is 2.17. The van der Waals surface area contributed by atoms with Gasteiger partial charge in [-0.1, -0.05) is 12.1 Å². The molecule has 1 aliphatic rings. The molecule has 0 spiro atoms. The number of fused-ring (bicyclic) bond motifs is 1. The average molecular weight is 468 g/mol. The number of anilines is 1. The van der Waals surface area contributed by atoms with Gasteiger partial charge in [-0.25, -0.2) is 4.98 Å². The van der Waals surface area contributed by atoms with Crippen LogP contribution < -0.4 is 15.8 Å². The van der Waals surface area contributed by atoms with Crippen molar-refractivity contribution in [3.8, 4) is 0 Å². The van der Waals surface area contributed by atoms with Crippen molar-refractivity contribution in [1.29, 1.82) is 0 Å². The normalized spacial score (nSPS) is 14.7. The number of hydrogen-bond donors (Lipinski definition) is 1. The van der Waals surface area contributed by atoms with E-state index in [4.69, 9.17) is 0 Å². The first-order valence-corrected chi connectivity index (χ1v) is 12.5. The van der Waals surface area contributed by atoms with Crippen LogP contribution in [0.3, 0.4) is 0 Å². The van der Waals surface area contributed by atoms with Crippen LogP contribution in [0.25, 0.3) is 10.2 Å². The SMILES string of the molecule is Cc1cccc(N2CCN(CCCNC(=O)CCn3cnc4sc(C)c(C)c4c3=O)CC2)c1. The summed E-state index contributed by atoms with van der Waals surface area (Å²) in [4.78, 5) is 36.2. The van der Waals surface area contributed by atoms with Gasteiger partial charge in [-0.3, -0.25) is 19.1 Å². The molecule has 4 rings (SSSR count). The van der Waals surface area contributed by atoms with Crippen molar-refractivity contribution < 1.29 is 4.79 Å². The van der Waals surface area contributed by atoms with E-state index in [1.807, 2.05) is 13.8 Å². The van der Waals surface area contributed by atoms with E-state index in [2.05, 4.69) is 51.3 Å². The van der Waals surface area contributed by atoms with Crippen LogP contribution in [0.15, 0.2) is 35.4 Å². The molecule has 3 heterocycles. The van der Waals surface area contributed by atoms with Gasteiger partial charge in [0.05, 0.1) is 11.7 Å². The van der Waals surface area contributed by atoms with Crippen LogP contribution >= 0.6 is 11.3 Å². The Morgan fingerprint density at radius 1 is 1.12 bits per heavy atom. The highest BCUT2D eigenvalue weighted by molar-refractivity contribution is 7.18. The molecule has 0 atom stereocenters. The number of carbonyl (C=O) groups excluding carboxylic acids is 1. The first-order valence-electron chi connectivity index (χ1n) is 11.7. The van der Waals surface area contributed by atoms with Crippen LogP contribution in [0.4, 0.5) is 5.69 Å². The Morgan fingerprint density at radius 3 is 2.67 bits per heavy atom. The minimum Gasteiger partial charge on any atom is -0.369 e. The van der Waals surface area contributed by atoms with Crippen molar-refractivity contribution in [2.24, 2.45) is 0 Å². The predicted octanol–water partition coefficient (Wildman–Crippen LogP) is 3.10. The van der Waals surface area contributed by atoms with Crippen molar-refractivity contribution >= 4 is 33.1 Å². The quantitative estimate of drug-likeness (QED) is 0.516. The molecule has 0 radical (unpaired) electrons. The standard InChI is InChI=1S/C25H33N5O2S/c1-18-6-4-7-21(16-18)29-14-12-28(13-15-29)10-5-9-26-22(31)8-11-30-17-27-24-23(25(30)32)19(2)20(3)33-24/h4,6-7,16-17H,5,8-15H2,1-3H3,(H,26,31). The number of carbonyl (C=O) groups is 1. The lowest BCUT2D eigenvalue weighted by atomic mass is 10.2. The molecule has 7 nitrogen and oxygen atoms in total. The minimum atomic E-state index is -0.0561. The third-order valence-corrected chi connectivity index (χ3v) is 7.56. The molecular weight excluding hydrogens is 434 g/mol. The van der Waals surface area contributed by atoms with Gasteiger partial charge in [-0.2, -0.15) is 0 Å². The van der Waals surface area contributed by atoms with Crippen molar-refractivity contribution in [2.75, 3.05) is 44.2 Å². The molecule has 0 aliphatic carbocycles. The zero-order valence-electron chi connectivity index (χ0n) is 19.8. The Hall–Kier alpha value is -2.71. The summed E-state index contributed by atoms with van der Waals surface area (Å²) in [6.07, 6.45) is 2.77. The van der Waals surface area contributed by atoms with Gasteiger partial charge in [-0.15, -0.1) is 11.3 Å². The van der Waals surface area contributed by atoms with Crippen LogP contribution in [-0.2, 0) is 11.3 Å². The smallest absolute Gasteiger partial charge is 0.262 e. The average Bonchev–Trinajstić information content (AvgIpc) is 3.11. The number of nitrogens with one attached hydrogen (secondary N) is 1. The van der Waals surface area contributed by atoms with E-state index in [0.29, 0.717) is 18.5 Å². The van der Waals surface area contributed by atoms with Crippen molar-refractivity contribution in [1.82, 2.24) is 19.8 Å². The number of benzene rings is 1. The molecule has 176 valence electrons. The van der Waals surface area contributed by atoms with E-state index in [1.54, 1.807) is 22.2 Å². The molecule has 2 aromatic heterocycles. The topological polar surface area (TPSA) is 70.5 Å². The molecule has 8 heteroatoms. The van der Waals surface area contributed by atoms with Gasteiger partial charge in [0.15, 0.2) is 0 Å². The first-order chi connectivity index (χ1) is 15.9. The summed E-state index contributed by atoms with van der Waals surface area (Å²) < 4.78 is 1.55. The molecule has 1 aliphatic heterocycles. The van der Waals surface area contributed by atoms with Gasteiger partial charge in [-0.05, 0) is 57.0 Å². The fraction of sp³-hybridized carbons (Fsp3) is 0.480. The van der Waals surface area contributed by atoms with Gasteiger partial charge >= 0.3 is 0 Å². The van der Waals surface area contributed by atoms with Gasteiger partial charge in [0.25, 0.3) is 5.56 Å². The molecule has 0 unspecified atom stereocenters. The van der Waals surface area contributed by atoms with Gasteiger partial charge in [0.2, 0.25) is 5.91 Å². The Bertz CT molecular complexity index is 1180. The maximum absolute atomic E-state index is 12.7. The summed E-state index contributed by atoms with van der Waals surface area (Å²) >= 11 is 1.54. The lowest BCUT2D eigenvalue weighted by molar-refractivity contribution is -0.121. The molecule has 3 aromatic rings. The van der Waals surface area contributed by atoms with E-state index in [0.717, 1.165) is 54.4 Å². The summed E-state index contributed by atoms with van der Waals surface area (Å²) in [5.41, 5.74) is 3.54. The maximum atomic E-state index is 12.7. The second kappa shape index (κ2) is 10.5. The van der Waals surface area contributed by atoms with Gasteiger partial charge < -0.3 is 10.2 Å². The summed E-state index contributed by atoms with van der Waals surface area (Å²) in [5.74, 6) is -0.0236. The minimum absolute atomic E-state index is 0.0236. The molecule has 1 fully saturated rings. The lowest BCUT2D eigenvalue weighted by Gasteiger charge is -2.36. The number of amides is 1. The third-order valence-electron chi connectivity index (χ3n) is 6.45. The number of piperazine rings is 1. The fourth-order valence-corrected chi connectivity index (χ4v) is 5.31. The fourth-order valence-electron chi connectivity index (χ4n) is 4.32. The molecule has 0 saturated carbocycles. The Kier molecular flexibility index (Phi) is 7.45. The summed E-state index contributed by atoms with van der Waals surface area (Å²) in [6.45, 7) is 12.2. The predicted molar refractivity (Wildman–Crippen MR) is 135 cm³/mol. The van der Waals surface area contributed by atoms with Crippen LogP contribution in [-0.4, -0.2) is 59.6 Å². The number of aromatic nitrogens is 2. The largest absolute Gasteiger partial charge is 0.369 e. The molecular formula is C25H33N5O2S. The van der Waals surface area contributed by atoms with E-state index >= 15 is 0 Å². The Morgan fingerprint density at radius 2 is 1.91 bits per heavy atom. The van der Waals surface area contributed by atoms with Gasteiger partial charge in [0.1, 0.15) is 4.83 Å².